The molecule has 5 nitrogen and oxygen atoms in total. The highest BCUT2D eigenvalue weighted by molar-refractivity contribution is 5.87. The molecule has 0 saturated carbocycles. The van der Waals surface area contributed by atoms with Gasteiger partial charge in [0.1, 0.15) is 0 Å². The van der Waals surface area contributed by atoms with E-state index in [1.807, 2.05) is 13.8 Å². The summed E-state index contributed by atoms with van der Waals surface area (Å²) >= 11 is 0. The molecule has 0 aliphatic carbocycles. The van der Waals surface area contributed by atoms with E-state index >= 15 is 0 Å². The predicted octanol–water partition coefficient (Wildman–Crippen LogP) is -0.0441. The quantitative estimate of drug-likeness (QED) is 0.671. The SMILES string of the molecule is CCC(CC)(CN)C(=O)N(C)CC(=O)NC. The Labute approximate surface area is 97.4 Å². The van der Waals surface area contributed by atoms with Gasteiger partial charge in [0.05, 0.1) is 12.0 Å². The third kappa shape index (κ3) is 3.20. The smallest absolute Gasteiger partial charge is 0.239 e. The molecule has 0 rings (SSSR count). The first-order valence-corrected chi connectivity index (χ1v) is 5.63. The molecule has 16 heavy (non-hydrogen) atoms. The van der Waals surface area contributed by atoms with Gasteiger partial charge in [0, 0.05) is 20.6 Å². The summed E-state index contributed by atoms with van der Waals surface area (Å²) in [5, 5.41) is 2.49. The predicted molar refractivity (Wildman–Crippen MR) is 63.8 cm³/mol. The fraction of sp³-hybridized carbons (Fsp3) is 0.818. The Balaban J connectivity index is 4.68. The van der Waals surface area contributed by atoms with Gasteiger partial charge in [-0.1, -0.05) is 13.8 Å². The number of amides is 2. The van der Waals surface area contributed by atoms with Gasteiger partial charge in [0.2, 0.25) is 11.8 Å². The minimum atomic E-state index is -0.525. The molecular weight excluding hydrogens is 206 g/mol. The summed E-state index contributed by atoms with van der Waals surface area (Å²) in [5.41, 5.74) is 5.16. The van der Waals surface area contributed by atoms with Crippen LogP contribution in [0.3, 0.4) is 0 Å². The molecule has 0 spiro atoms. The van der Waals surface area contributed by atoms with Gasteiger partial charge in [-0.2, -0.15) is 0 Å². The van der Waals surface area contributed by atoms with E-state index in [0.717, 1.165) is 0 Å². The number of nitrogens with zero attached hydrogens (tertiary/aromatic N) is 1. The van der Waals surface area contributed by atoms with Gasteiger partial charge >= 0.3 is 0 Å². The zero-order chi connectivity index (χ0) is 12.8. The molecule has 94 valence electrons. The first kappa shape index (κ1) is 14.9. The van der Waals surface area contributed by atoms with E-state index in [4.69, 9.17) is 5.73 Å². The van der Waals surface area contributed by atoms with Gasteiger partial charge in [0.15, 0.2) is 0 Å². The molecule has 0 fully saturated rings. The Morgan fingerprint density at radius 2 is 1.81 bits per heavy atom. The van der Waals surface area contributed by atoms with Crippen LogP contribution in [0, 0.1) is 5.41 Å². The molecule has 0 bridgehead atoms. The van der Waals surface area contributed by atoms with Crippen LogP contribution in [0.15, 0.2) is 0 Å². The summed E-state index contributed by atoms with van der Waals surface area (Å²) in [5.74, 6) is -0.224. The van der Waals surface area contributed by atoms with Gasteiger partial charge in [-0.25, -0.2) is 0 Å². The first-order valence-electron chi connectivity index (χ1n) is 5.63. The molecule has 0 radical (unpaired) electrons. The number of carbonyl (C=O) groups is 2. The number of hydrogen-bond donors (Lipinski definition) is 2. The Hall–Kier alpha value is -1.10. The van der Waals surface area contributed by atoms with Crippen molar-refractivity contribution in [1.82, 2.24) is 10.2 Å². The van der Waals surface area contributed by atoms with Crippen LogP contribution >= 0.6 is 0 Å². The lowest BCUT2D eigenvalue weighted by Gasteiger charge is -2.32. The van der Waals surface area contributed by atoms with E-state index in [2.05, 4.69) is 5.32 Å². The van der Waals surface area contributed by atoms with Gasteiger partial charge in [-0.05, 0) is 12.8 Å². The van der Waals surface area contributed by atoms with Crippen molar-refractivity contribution in [3.63, 3.8) is 0 Å². The standard InChI is InChI=1S/C11H23N3O2/c1-5-11(6-2,8-12)10(16)14(4)7-9(15)13-3/h5-8,12H2,1-4H3,(H,13,15). The van der Waals surface area contributed by atoms with Gasteiger partial charge in [-0.15, -0.1) is 0 Å². The Kier molecular flexibility index (Phi) is 6.03. The maximum Gasteiger partial charge on any atom is 0.239 e. The van der Waals surface area contributed by atoms with E-state index in [1.54, 1.807) is 14.1 Å². The average Bonchev–Trinajstić information content (AvgIpc) is 2.31. The van der Waals surface area contributed by atoms with E-state index in [-0.39, 0.29) is 18.4 Å². The van der Waals surface area contributed by atoms with E-state index < -0.39 is 5.41 Å². The van der Waals surface area contributed by atoms with Gasteiger partial charge in [-0.3, -0.25) is 9.59 Å². The second-order valence-electron chi connectivity index (χ2n) is 4.03. The van der Waals surface area contributed by atoms with Crippen LogP contribution in [0.5, 0.6) is 0 Å². The van der Waals surface area contributed by atoms with E-state index in [9.17, 15) is 9.59 Å². The van der Waals surface area contributed by atoms with Crippen LogP contribution in [-0.2, 0) is 9.59 Å². The first-order chi connectivity index (χ1) is 7.47. The lowest BCUT2D eigenvalue weighted by atomic mass is 9.81. The van der Waals surface area contributed by atoms with Gasteiger partial charge < -0.3 is 16.0 Å². The molecule has 0 atom stereocenters. The number of nitrogens with two attached hydrogens (primary N) is 1. The molecule has 0 heterocycles. The topological polar surface area (TPSA) is 75.4 Å². The highest BCUT2D eigenvalue weighted by atomic mass is 16.2. The minimum Gasteiger partial charge on any atom is -0.358 e. The van der Waals surface area contributed by atoms with E-state index in [0.29, 0.717) is 19.4 Å². The third-order valence-corrected chi connectivity index (χ3v) is 3.20. The van der Waals surface area contributed by atoms with Crippen molar-refractivity contribution in [3.05, 3.63) is 0 Å². The van der Waals surface area contributed by atoms with Gasteiger partial charge in [0.25, 0.3) is 0 Å². The van der Waals surface area contributed by atoms with Crippen molar-refractivity contribution in [2.24, 2.45) is 11.1 Å². The molecule has 0 unspecified atom stereocenters. The third-order valence-electron chi connectivity index (χ3n) is 3.20. The highest BCUT2D eigenvalue weighted by Crippen LogP contribution is 2.27. The van der Waals surface area contributed by atoms with Crippen LogP contribution in [-0.4, -0.2) is 43.9 Å². The summed E-state index contributed by atoms with van der Waals surface area (Å²) in [6.45, 7) is 4.29. The summed E-state index contributed by atoms with van der Waals surface area (Å²) < 4.78 is 0. The monoisotopic (exact) mass is 229 g/mol. The maximum absolute atomic E-state index is 12.2. The van der Waals surface area contributed by atoms with Crippen molar-refractivity contribution in [2.75, 3.05) is 27.2 Å². The van der Waals surface area contributed by atoms with Crippen LogP contribution in [0.2, 0.25) is 0 Å². The minimum absolute atomic E-state index is 0.0522. The average molecular weight is 229 g/mol. The molecule has 0 aliphatic rings. The zero-order valence-corrected chi connectivity index (χ0v) is 10.7. The fourth-order valence-corrected chi connectivity index (χ4v) is 1.70. The largest absolute Gasteiger partial charge is 0.358 e. The second-order valence-corrected chi connectivity index (χ2v) is 4.03. The van der Waals surface area contributed by atoms with Crippen molar-refractivity contribution in [2.45, 2.75) is 26.7 Å². The summed E-state index contributed by atoms with van der Waals surface area (Å²) in [4.78, 5) is 24.8. The number of carbonyl (C=O) groups excluding carboxylic acids is 2. The Bertz CT molecular complexity index is 241. The molecule has 0 aliphatic heterocycles. The second kappa shape index (κ2) is 6.48. The molecular formula is C11H23N3O2. The van der Waals surface area contributed by atoms with Crippen LogP contribution in [0.25, 0.3) is 0 Å². The number of nitrogens with one attached hydrogen (secondary N) is 1. The summed E-state index contributed by atoms with van der Waals surface area (Å²) in [6.07, 6.45) is 1.38. The molecule has 0 aromatic heterocycles. The van der Waals surface area contributed by atoms with Crippen molar-refractivity contribution in [1.29, 1.82) is 0 Å². The summed E-state index contributed by atoms with van der Waals surface area (Å²) in [6, 6.07) is 0. The molecule has 0 aromatic carbocycles. The van der Waals surface area contributed by atoms with Crippen molar-refractivity contribution in [3.8, 4) is 0 Å². The van der Waals surface area contributed by atoms with Crippen LogP contribution in [0.4, 0.5) is 0 Å². The number of hydrogen-bond acceptors (Lipinski definition) is 3. The molecule has 3 N–H and O–H groups in total. The van der Waals surface area contributed by atoms with Crippen molar-refractivity contribution < 1.29 is 9.59 Å². The van der Waals surface area contributed by atoms with Crippen LogP contribution in [0.1, 0.15) is 26.7 Å². The fourth-order valence-electron chi connectivity index (χ4n) is 1.70. The Morgan fingerprint density at radius 1 is 1.31 bits per heavy atom. The normalized spacial score (nSPS) is 11.1. The number of rotatable bonds is 6. The maximum atomic E-state index is 12.2. The lowest BCUT2D eigenvalue weighted by Crippen LogP contribution is -2.48. The van der Waals surface area contributed by atoms with Crippen molar-refractivity contribution >= 4 is 11.8 Å². The Morgan fingerprint density at radius 3 is 2.12 bits per heavy atom. The zero-order valence-electron chi connectivity index (χ0n) is 10.7. The summed E-state index contributed by atoms with van der Waals surface area (Å²) in [7, 11) is 3.18. The molecule has 0 saturated heterocycles. The molecule has 0 aromatic rings. The molecule has 2 amide bonds. The lowest BCUT2D eigenvalue weighted by molar-refractivity contribution is -0.143. The van der Waals surface area contributed by atoms with E-state index in [1.165, 1.54) is 4.90 Å². The number of likely N-dealkylation sites (N-methyl/N-ethyl adjacent to an activating group) is 2. The molecule has 5 heteroatoms. The highest BCUT2D eigenvalue weighted by Gasteiger charge is 2.35. The van der Waals surface area contributed by atoms with Crippen LogP contribution < -0.4 is 11.1 Å².